The average Bonchev–Trinajstić information content (AvgIpc) is 3.66. The van der Waals surface area contributed by atoms with E-state index in [-0.39, 0.29) is 48.8 Å². The van der Waals surface area contributed by atoms with Gasteiger partial charge in [0, 0.05) is 27.2 Å². The molecule has 2 aromatic rings. The average molecular weight is 829 g/mol. The number of nitrogens with zero attached hydrogens (tertiary/aromatic N) is 2. The standard InChI is InChI=1S/C36H55Cl2N3O10S.ClH/c1-40(36(42)27-30-8-9-33(37)34(38)26-30)35(29-41-11-3-4-12-41)31-6-5-7-32(28-31)52(43,44)39-10-13-46-16-17-48-20-21-50-24-25-51-23-22-49-19-18-47-15-14-45-2;/h5-9,26,28,35,39H,3-4,10-25,27,29H2,1-2H3;1H/t35-;/m1./s1. The van der Waals surface area contributed by atoms with Crippen LogP contribution in [0.1, 0.15) is 30.0 Å². The van der Waals surface area contributed by atoms with E-state index in [1.807, 2.05) is 6.07 Å². The van der Waals surface area contributed by atoms with Gasteiger partial charge in [-0.05, 0) is 61.3 Å². The number of nitrogens with one attached hydrogen (secondary N) is 1. The lowest BCUT2D eigenvalue weighted by molar-refractivity contribution is -0.131. The fourth-order valence-corrected chi connectivity index (χ4v) is 6.74. The van der Waals surface area contributed by atoms with Crippen molar-refractivity contribution in [3.63, 3.8) is 0 Å². The largest absolute Gasteiger partial charge is 0.382 e. The number of likely N-dealkylation sites (N-methyl/N-ethyl adjacent to an activating group) is 1. The second kappa shape index (κ2) is 27.9. The molecule has 0 saturated carbocycles. The van der Waals surface area contributed by atoms with Gasteiger partial charge in [-0.25, -0.2) is 13.1 Å². The number of hydrogen-bond donors (Lipinski definition) is 1. The van der Waals surface area contributed by atoms with Crippen LogP contribution in [0.2, 0.25) is 10.0 Å². The SMILES string of the molecule is COCCOCCOCCOCCOCCOCCOCCNS(=O)(=O)c1cccc([C@@H](CN2CCCC2)N(C)C(=O)Cc2ccc(Cl)c(Cl)c2)c1.Cl. The molecule has 13 nitrogen and oxygen atoms in total. The first-order valence-corrected chi connectivity index (χ1v) is 19.9. The summed E-state index contributed by atoms with van der Waals surface area (Å²) in [6.45, 7) is 8.34. The maximum Gasteiger partial charge on any atom is 0.240 e. The molecule has 1 amide bonds. The minimum atomic E-state index is -3.82. The predicted octanol–water partition coefficient (Wildman–Crippen LogP) is 4.28. The molecule has 1 atom stereocenters. The van der Waals surface area contributed by atoms with Crippen molar-refractivity contribution in [1.29, 1.82) is 0 Å². The van der Waals surface area contributed by atoms with Crippen molar-refractivity contribution in [1.82, 2.24) is 14.5 Å². The topological polar surface area (TPSA) is 134 Å². The number of methoxy groups -OCH3 is 1. The zero-order valence-electron chi connectivity index (χ0n) is 30.8. The molecule has 1 N–H and O–H groups in total. The summed E-state index contributed by atoms with van der Waals surface area (Å²) in [5.74, 6) is -0.109. The van der Waals surface area contributed by atoms with E-state index in [0.717, 1.165) is 37.1 Å². The summed E-state index contributed by atoms with van der Waals surface area (Å²) in [7, 11) is -0.429. The molecule has 0 bridgehead atoms. The zero-order valence-corrected chi connectivity index (χ0v) is 34.0. The number of rotatable bonds is 29. The van der Waals surface area contributed by atoms with Crippen LogP contribution in [-0.2, 0) is 54.4 Å². The zero-order chi connectivity index (χ0) is 37.4. The van der Waals surface area contributed by atoms with Crippen molar-refractivity contribution in [3.05, 3.63) is 63.6 Å². The van der Waals surface area contributed by atoms with Crippen molar-refractivity contribution in [3.8, 4) is 0 Å². The van der Waals surface area contributed by atoms with E-state index in [4.69, 9.17) is 56.4 Å². The summed E-state index contributed by atoms with van der Waals surface area (Å²) in [6, 6.07) is 11.6. The summed E-state index contributed by atoms with van der Waals surface area (Å²) in [6.07, 6.45) is 2.33. The summed E-state index contributed by atoms with van der Waals surface area (Å²) in [5.41, 5.74) is 1.49. The molecule has 1 heterocycles. The molecule has 17 heteroatoms. The third kappa shape index (κ3) is 19.2. The molecule has 0 unspecified atom stereocenters. The number of hydrogen-bond acceptors (Lipinski definition) is 11. The Labute approximate surface area is 331 Å². The fraction of sp³-hybridized carbons (Fsp3) is 0.639. The first-order valence-electron chi connectivity index (χ1n) is 17.7. The number of carbonyl (C=O) groups is 1. The van der Waals surface area contributed by atoms with E-state index in [1.54, 1.807) is 55.5 Å². The van der Waals surface area contributed by atoms with Crippen LogP contribution in [0.4, 0.5) is 0 Å². The highest BCUT2D eigenvalue weighted by Crippen LogP contribution is 2.27. The van der Waals surface area contributed by atoms with Crippen LogP contribution in [0.5, 0.6) is 0 Å². The summed E-state index contributed by atoms with van der Waals surface area (Å²) in [5, 5.41) is 0.818. The molecule has 0 aromatic heterocycles. The monoisotopic (exact) mass is 827 g/mol. The van der Waals surface area contributed by atoms with Gasteiger partial charge in [0.15, 0.2) is 0 Å². The number of amides is 1. The first-order chi connectivity index (χ1) is 25.2. The van der Waals surface area contributed by atoms with Crippen LogP contribution in [0.15, 0.2) is 47.4 Å². The quantitative estimate of drug-likeness (QED) is 0.118. The molecule has 0 radical (unpaired) electrons. The summed E-state index contributed by atoms with van der Waals surface area (Å²) < 4.78 is 66.6. The predicted molar refractivity (Wildman–Crippen MR) is 207 cm³/mol. The lowest BCUT2D eigenvalue weighted by atomic mass is 10.0. The van der Waals surface area contributed by atoms with Gasteiger partial charge in [-0.15, -0.1) is 12.4 Å². The molecule has 1 saturated heterocycles. The minimum absolute atomic E-state index is 0. The van der Waals surface area contributed by atoms with E-state index >= 15 is 0 Å². The van der Waals surface area contributed by atoms with Gasteiger partial charge in [0.2, 0.25) is 15.9 Å². The maximum absolute atomic E-state index is 13.4. The van der Waals surface area contributed by atoms with Gasteiger partial charge in [0.05, 0.1) is 113 Å². The Morgan fingerprint density at radius 3 is 1.83 bits per heavy atom. The Balaban J connectivity index is 0.00000972. The molecule has 1 aliphatic heterocycles. The molecular formula is C36H56Cl3N3O10S. The van der Waals surface area contributed by atoms with Crippen LogP contribution >= 0.6 is 35.6 Å². The molecule has 302 valence electrons. The van der Waals surface area contributed by atoms with Crippen LogP contribution in [0, 0.1) is 0 Å². The lowest BCUT2D eigenvalue weighted by Gasteiger charge is -2.32. The van der Waals surface area contributed by atoms with Crippen molar-refractivity contribution in [2.45, 2.75) is 30.2 Å². The Morgan fingerprint density at radius 1 is 0.774 bits per heavy atom. The Bertz CT molecular complexity index is 1410. The fourth-order valence-electron chi connectivity index (χ4n) is 5.35. The van der Waals surface area contributed by atoms with Crippen molar-refractivity contribution in [2.24, 2.45) is 0 Å². The number of sulfonamides is 1. The Morgan fingerprint density at radius 2 is 1.30 bits per heavy atom. The highest BCUT2D eigenvalue weighted by Gasteiger charge is 2.27. The highest BCUT2D eigenvalue weighted by atomic mass is 35.5. The number of likely N-dealkylation sites (tertiary alicyclic amines) is 1. The van der Waals surface area contributed by atoms with Crippen LogP contribution in [0.25, 0.3) is 0 Å². The second-order valence-electron chi connectivity index (χ2n) is 12.1. The Hall–Kier alpha value is -1.63. The van der Waals surface area contributed by atoms with Gasteiger partial charge in [0.1, 0.15) is 0 Å². The van der Waals surface area contributed by atoms with Crippen LogP contribution < -0.4 is 4.72 Å². The van der Waals surface area contributed by atoms with Crippen molar-refractivity contribution >= 4 is 51.5 Å². The minimum Gasteiger partial charge on any atom is -0.382 e. The number of halogens is 3. The van der Waals surface area contributed by atoms with E-state index in [9.17, 15) is 13.2 Å². The molecule has 3 rings (SSSR count). The molecule has 1 fully saturated rings. The van der Waals surface area contributed by atoms with Crippen molar-refractivity contribution < 1.29 is 46.4 Å². The van der Waals surface area contributed by atoms with E-state index in [1.165, 1.54) is 0 Å². The van der Waals surface area contributed by atoms with Crippen LogP contribution in [0.3, 0.4) is 0 Å². The summed E-state index contributed by atoms with van der Waals surface area (Å²) in [4.78, 5) is 17.6. The Kier molecular flexibility index (Phi) is 25.0. The molecule has 0 aliphatic carbocycles. The highest BCUT2D eigenvalue weighted by molar-refractivity contribution is 7.89. The van der Waals surface area contributed by atoms with E-state index in [0.29, 0.717) is 95.9 Å². The third-order valence-electron chi connectivity index (χ3n) is 8.21. The molecular weight excluding hydrogens is 773 g/mol. The smallest absolute Gasteiger partial charge is 0.240 e. The molecule has 0 spiro atoms. The van der Waals surface area contributed by atoms with Crippen molar-refractivity contribution in [2.75, 3.05) is 126 Å². The second-order valence-corrected chi connectivity index (χ2v) is 14.7. The van der Waals surface area contributed by atoms with Gasteiger partial charge in [-0.3, -0.25) is 4.79 Å². The number of carbonyl (C=O) groups excluding carboxylic acids is 1. The number of benzene rings is 2. The third-order valence-corrected chi connectivity index (χ3v) is 10.4. The normalized spacial score (nSPS) is 14.0. The molecule has 53 heavy (non-hydrogen) atoms. The lowest BCUT2D eigenvalue weighted by Crippen LogP contribution is -2.39. The van der Waals surface area contributed by atoms with Gasteiger partial charge in [-0.1, -0.05) is 41.4 Å². The number of ether oxygens (including phenoxy) is 7. The van der Waals surface area contributed by atoms with Gasteiger partial charge in [0.25, 0.3) is 0 Å². The van der Waals surface area contributed by atoms with E-state index in [2.05, 4.69) is 9.62 Å². The van der Waals surface area contributed by atoms with Gasteiger partial charge in [-0.2, -0.15) is 0 Å². The van der Waals surface area contributed by atoms with Gasteiger partial charge < -0.3 is 43.0 Å². The first kappa shape index (κ1) is 47.5. The van der Waals surface area contributed by atoms with E-state index < -0.39 is 10.0 Å². The molecule has 1 aliphatic rings. The van der Waals surface area contributed by atoms with Crippen LogP contribution in [-0.4, -0.2) is 150 Å². The maximum atomic E-state index is 13.4. The van der Waals surface area contributed by atoms with Gasteiger partial charge >= 0.3 is 0 Å². The molecule has 2 aromatic carbocycles. The summed E-state index contributed by atoms with van der Waals surface area (Å²) >= 11 is 12.2.